The molecule has 2 saturated heterocycles. The Morgan fingerprint density at radius 3 is 2.13 bits per heavy atom. The predicted octanol–water partition coefficient (Wildman–Crippen LogP) is 5.68. The van der Waals surface area contributed by atoms with Crippen LogP contribution in [-0.2, 0) is 36.3 Å². The largest absolute Gasteiger partial charge is 0.435 e. The van der Waals surface area contributed by atoms with Crippen molar-refractivity contribution in [3.63, 3.8) is 0 Å². The molecule has 0 spiro atoms. The van der Waals surface area contributed by atoms with Crippen LogP contribution in [0.2, 0.25) is 0 Å². The monoisotopic (exact) mass is 670 g/mol. The molecule has 1 aliphatic carbocycles. The van der Waals surface area contributed by atoms with Crippen LogP contribution in [0.3, 0.4) is 0 Å². The van der Waals surface area contributed by atoms with Gasteiger partial charge in [0.1, 0.15) is 16.6 Å². The number of amides is 2. The predicted molar refractivity (Wildman–Crippen MR) is 140 cm³/mol. The Labute approximate surface area is 252 Å². The van der Waals surface area contributed by atoms with Crippen molar-refractivity contribution < 1.29 is 57.5 Å². The van der Waals surface area contributed by atoms with E-state index in [4.69, 9.17) is 0 Å². The maximum absolute atomic E-state index is 15.0. The van der Waals surface area contributed by atoms with E-state index in [1.807, 2.05) is 0 Å². The molecule has 5 rings (SSSR count). The number of likely N-dealkylation sites (tertiary alicyclic amines) is 2. The summed E-state index contributed by atoms with van der Waals surface area (Å²) in [6.07, 6.45) is -16.3. The van der Waals surface area contributed by atoms with Gasteiger partial charge in [-0.1, -0.05) is 18.2 Å². The first kappa shape index (κ1) is 33.1. The van der Waals surface area contributed by atoms with Gasteiger partial charge in [-0.15, -0.1) is 0 Å². The van der Waals surface area contributed by atoms with Crippen LogP contribution in [0, 0.1) is 5.82 Å². The van der Waals surface area contributed by atoms with Crippen molar-refractivity contribution in [2.45, 2.75) is 91.5 Å². The van der Waals surface area contributed by atoms with Gasteiger partial charge in [0, 0.05) is 24.6 Å². The summed E-state index contributed by atoms with van der Waals surface area (Å²) in [6.45, 7) is 2.84. The third-order valence-electron chi connectivity index (χ3n) is 9.08. The van der Waals surface area contributed by atoms with Crippen molar-refractivity contribution in [3.8, 4) is 0 Å². The molecule has 2 aromatic rings. The number of halogens is 9. The molecule has 6 nitrogen and oxygen atoms in total. The third-order valence-corrected chi connectivity index (χ3v) is 11.6. The highest BCUT2D eigenvalue weighted by Crippen LogP contribution is 2.57. The average Bonchev–Trinajstić information content (AvgIpc) is 3.49. The van der Waals surface area contributed by atoms with Gasteiger partial charge in [0.15, 0.2) is 16.0 Å². The molecule has 0 aromatic heterocycles. The fourth-order valence-corrected chi connectivity index (χ4v) is 9.44. The van der Waals surface area contributed by atoms with E-state index in [-0.39, 0.29) is 36.6 Å². The van der Waals surface area contributed by atoms with Crippen LogP contribution in [0.4, 0.5) is 39.5 Å². The molecule has 0 N–H and O–H groups in total. The van der Waals surface area contributed by atoms with Crippen LogP contribution in [0.1, 0.15) is 49.8 Å². The van der Waals surface area contributed by atoms with Crippen LogP contribution in [0.15, 0.2) is 47.4 Å². The van der Waals surface area contributed by atoms with Gasteiger partial charge < -0.3 is 9.80 Å². The second-order valence-electron chi connectivity index (χ2n) is 11.8. The number of aryl methyl sites for hydroxylation is 1. The Kier molecular flexibility index (Phi) is 7.81. The fraction of sp³-hybridized carbons (Fsp3) is 0.517. The fourth-order valence-electron chi connectivity index (χ4n) is 7.07. The van der Waals surface area contributed by atoms with Gasteiger partial charge in [-0.2, -0.15) is 26.3 Å². The summed E-state index contributed by atoms with van der Waals surface area (Å²) in [7, 11) is -4.69. The number of carbonyl (C=O) groups is 2. The van der Waals surface area contributed by atoms with Crippen LogP contribution < -0.4 is 0 Å². The van der Waals surface area contributed by atoms with E-state index in [2.05, 4.69) is 0 Å². The molecular formula is C29H27F9N2O4S. The molecule has 0 radical (unpaired) electrons. The number of alkyl halides is 8. The lowest BCUT2D eigenvalue weighted by Crippen LogP contribution is -2.56. The second-order valence-corrected chi connectivity index (χ2v) is 14.0. The topological polar surface area (TPSA) is 74.8 Å². The van der Waals surface area contributed by atoms with Crippen molar-refractivity contribution in [3.05, 3.63) is 65.0 Å². The molecule has 16 heteroatoms. The van der Waals surface area contributed by atoms with Crippen LogP contribution in [0.5, 0.6) is 0 Å². The SMILES string of the molecule is CC(C)N1C(=O)[C@@H](F)C[C@H]1C(=O)N1CC[C@]2(S(=O)(=O)c3ccc(F)cc3)c3ccc(C(F)(C(F)(F)F)C(F)(F)F)cc3CC[C@H]12. The number of hydrogen-bond acceptors (Lipinski definition) is 4. The standard InChI is InChI=1S/C29H27F9N2O4S/c1-15(2)40-22(14-21(31)24(40)41)25(42)39-12-11-26(45(43,44)19-7-5-18(30)6-8-19)20-9-4-17(13-16(20)3-10-23(26)39)27(32,28(33,34)35)29(36,37)38/h4-9,13,15,21-23H,3,10-12,14H2,1-2H3/t21-,22-,23-,26-/m0/s1. The number of benzene rings is 2. The molecule has 45 heavy (non-hydrogen) atoms. The first-order chi connectivity index (χ1) is 20.7. The summed E-state index contributed by atoms with van der Waals surface area (Å²) in [5.41, 5.74) is -8.08. The Morgan fingerprint density at radius 2 is 1.58 bits per heavy atom. The lowest BCUT2D eigenvalue weighted by molar-refractivity contribution is -0.348. The van der Waals surface area contributed by atoms with Crippen molar-refractivity contribution in [2.75, 3.05) is 6.54 Å². The molecule has 2 aliphatic heterocycles. The molecule has 0 saturated carbocycles. The zero-order chi connectivity index (χ0) is 33.5. The normalized spacial score (nSPS) is 26.0. The van der Waals surface area contributed by atoms with E-state index < -0.39 is 97.8 Å². The summed E-state index contributed by atoms with van der Waals surface area (Å²) in [5, 5.41) is 0. The number of hydrogen-bond donors (Lipinski definition) is 0. The summed E-state index contributed by atoms with van der Waals surface area (Å²) in [5.74, 6) is -2.48. The van der Waals surface area contributed by atoms with Crippen molar-refractivity contribution >= 4 is 21.7 Å². The van der Waals surface area contributed by atoms with E-state index in [0.717, 1.165) is 34.1 Å². The van der Waals surface area contributed by atoms with E-state index in [0.29, 0.717) is 12.1 Å². The summed E-state index contributed by atoms with van der Waals surface area (Å²) in [6, 6.07) is 1.71. The second kappa shape index (κ2) is 10.6. The molecule has 2 amide bonds. The maximum Gasteiger partial charge on any atom is 0.435 e. The first-order valence-corrected chi connectivity index (χ1v) is 15.4. The summed E-state index contributed by atoms with van der Waals surface area (Å²) < 4.78 is 151. The molecule has 246 valence electrons. The molecule has 2 heterocycles. The zero-order valence-electron chi connectivity index (χ0n) is 23.7. The summed E-state index contributed by atoms with van der Waals surface area (Å²) in [4.78, 5) is 28.2. The molecule has 2 fully saturated rings. The van der Waals surface area contributed by atoms with Crippen LogP contribution in [-0.4, -0.2) is 73.2 Å². The third kappa shape index (κ3) is 4.72. The van der Waals surface area contributed by atoms with E-state index >= 15 is 0 Å². The zero-order valence-corrected chi connectivity index (χ0v) is 24.5. The molecule has 4 atom stereocenters. The van der Waals surface area contributed by atoms with Gasteiger partial charge in [0.25, 0.3) is 5.91 Å². The van der Waals surface area contributed by atoms with Crippen molar-refractivity contribution in [2.24, 2.45) is 0 Å². The van der Waals surface area contributed by atoms with E-state index in [1.165, 1.54) is 0 Å². The van der Waals surface area contributed by atoms with Crippen LogP contribution in [0.25, 0.3) is 0 Å². The van der Waals surface area contributed by atoms with Crippen molar-refractivity contribution in [1.82, 2.24) is 9.80 Å². The highest BCUT2D eigenvalue weighted by atomic mass is 32.2. The Bertz CT molecular complexity index is 1610. The molecular weight excluding hydrogens is 643 g/mol. The number of sulfone groups is 1. The lowest BCUT2D eigenvalue weighted by atomic mass is 9.76. The number of carbonyl (C=O) groups excluding carboxylic acids is 2. The minimum Gasteiger partial charge on any atom is -0.336 e. The highest BCUT2D eigenvalue weighted by Gasteiger charge is 2.74. The molecule has 3 aliphatic rings. The summed E-state index contributed by atoms with van der Waals surface area (Å²) >= 11 is 0. The Hall–Kier alpha value is -3.30. The van der Waals surface area contributed by atoms with Gasteiger partial charge in [-0.3, -0.25) is 9.59 Å². The Balaban J connectivity index is 1.68. The molecule has 0 unspecified atom stereocenters. The van der Waals surface area contributed by atoms with Gasteiger partial charge in [-0.25, -0.2) is 21.6 Å². The average molecular weight is 671 g/mol. The first-order valence-electron chi connectivity index (χ1n) is 13.9. The van der Waals surface area contributed by atoms with Gasteiger partial charge in [-0.05, 0) is 68.5 Å². The Morgan fingerprint density at radius 1 is 0.978 bits per heavy atom. The number of fused-ring (bicyclic) bond motifs is 3. The van der Waals surface area contributed by atoms with Gasteiger partial charge >= 0.3 is 18.0 Å². The van der Waals surface area contributed by atoms with E-state index in [1.54, 1.807) is 13.8 Å². The maximum atomic E-state index is 15.0. The molecule has 2 aromatic carbocycles. The van der Waals surface area contributed by atoms with Gasteiger partial charge in [0.2, 0.25) is 5.91 Å². The van der Waals surface area contributed by atoms with Crippen LogP contribution >= 0.6 is 0 Å². The minimum atomic E-state index is -6.40. The highest BCUT2D eigenvalue weighted by molar-refractivity contribution is 7.92. The van der Waals surface area contributed by atoms with E-state index in [9.17, 15) is 57.5 Å². The molecule has 0 bridgehead atoms. The van der Waals surface area contributed by atoms with Crippen molar-refractivity contribution in [1.29, 1.82) is 0 Å². The quantitative estimate of drug-likeness (QED) is 0.303. The number of nitrogens with zero attached hydrogens (tertiary/aromatic N) is 2. The number of rotatable bonds is 5. The lowest BCUT2D eigenvalue weighted by Gasteiger charge is -2.44. The minimum absolute atomic E-state index is 0.235. The van der Waals surface area contributed by atoms with Gasteiger partial charge in [0.05, 0.1) is 10.9 Å². The smallest absolute Gasteiger partial charge is 0.336 e.